The molecule has 0 bridgehead atoms. The van der Waals surface area contributed by atoms with Crippen LogP contribution >= 0.6 is 11.3 Å². The van der Waals surface area contributed by atoms with Gasteiger partial charge in [0.1, 0.15) is 12.4 Å². The van der Waals surface area contributed by atoms with E-state index in [0.29, 0.717) is 31.9 Å². The first-order valence-electron chi connectivity index (χ1n) is 11.8. The first-order chi connectivity index (χ1) is 17.0. The quantitative estimate of drug-likeness (QED) is 0.430. The van der Waals surface area contributed by atoms with Gasteiger partial charge in [0.25, 0.3) is 0 Å². The summed E-state index contributed by atoms with van der Waals surface area (Å²) in [5, 5.41) is 4.89. The fourth-order valence-electron chi connectivity index (χ4n) is 4.02. The molecule has 1 fully saturated rings. The lowest BCUT2D eigenvalue weighted by atomic mass is 10.2. The molecule has 0 saturated carbocycles. The molecule has 0 radical (unpaired) electrons. The van der Waals surface area contributed by atoms with E-state index in [1.807, 2.05) is 48.7 Å². The number of nitrogens with one attached hydrogen (secondary N) is 1. The largest absolute Gasteiger partial charge is 0.376 e. The van der Waals surface area contributed by atoms with Gasteiger partial charge in [-0.05, 0) is 66.6 Å². The van der Waals surface area contributed by atoms with Gasteiger partial charge in [-0.25, -0.2) is 9.18 Å². The third kappa shape index (κ3) is 7.13. The Balaban J connectivity index is 1.52. The second-order valence-corrected chi connectivity index (χ2v) is 9.72. The summed E-state index contributed by atoms with van der Waals surface area (Å²) in [6.07, 6.45) is 1.72. The maximum Gasteiger partial charge on any atom is 0.322 e. The molecule has 3 aromatic rings. The predicted octanol–water partition coefficient (Wildman–Crippen LogP) is 5.44. The van der Waals surface area contributed by atoms with Crippen molar-refractivity contribution in [3.05, 3.63) is 87.9 Å². The van der Waals surface area contributed by atoms with Gasteiger partial charge in [0, 0.05) is 30.3 Å². The van der Waals surface area contributed by atoms with Crippen LogP contribution in [-0.4, -0.2) is 47.5 Å². The number of rotatable bonds is 9. The van der Waals surface area contributed by atoms with Crippen LogP contribution in [0, 0.1) is 12.7 Å². The normalized spacial score (nSPS) is 15.1. The highest BCUT2D eigenvalue weighted by atomic mass is 32.1. The number of halogens is 1. The molecule has 1 aliphatic heterocycles. The van der Waals surface area contributed by atoms with Crippen molar-refractivity contribution in [1.29, 1.82) is 0 Å². The molecule has 0 aliphatic carbocycles. The van der Waals surface area contributed by atoms with Crippen molar-refractivity contribution in [1.82, 2.24) is 9.80 Å². The van der Waals surface area contributed by atoms with E-state index >= 15 is 0 Å². The highest BCUT2D eigenvalue weighted by molar-refractivity contribution is 7.10. The fourth-order valence-corrected chi connectivity index (χ4v) is 4.94. The van der Waals surface area contributed by atoms with Gasteiger partial charge in [0.15, 0.2) is 0 Å². The number of nitrogens with zero attached hydrogens (tertiary/aromatic N) is 2. The first kappa shape index (κ1) is 24.9. The van der Waals surface area contributed by atoms with E-state index in [2.05, 4.69) is 5.32 Å². The number of para-hydroxylation sites is 1. The third-order valence-electron chi connectivity index (χ3n) is 6.03. The van der Waals surface area contributed by atoms with Crippen LogP contribution in [0.5, 0.6) is 0 Å². The summed E-state index contributed by atoms with van der Waals surface area (Å²) in [5.74, 6) is -0.496. The smallest absolute Gasteiger partial charge is 0.322 e. The second kappa shape index (κ2) is 12.0. The molecule has 4 rings (SSSR count). The van der Waals surface area contributed by atoms with E-state index < -0.39 is 0 Å². The van der Waals surface area contributed by atoms with Gasteiger partial charge < -0.3 is 19.9 Å². The predicted molar refractivity (Wildman–Crippen MR) is 136 cm³/mol. The van der Waals surface area contributed by atoms with Crippen LogP contribution < -0.4 is 5.32 Å². The van der Waals surface area contributed by atoms with Crippen molar-refractivity contribution < 1.29 is 18.7 Å². The molecular formula is C27H30FN3O3S. The minimum Gasteiger partial charge on any atom is -0.376 e. The Kier molecular flexibility index (Phi) is 8.50. The van der Waals surface area contributed by atoms with Crippen LogP contribution in [0.25, 0.3) is 0 Å². The Morgan fingerprint density at radius 2 is 1.83 bits per heavy atom. The SMILES string of the molecule is Cc1ccsc1CN(Cc1ccc(F)cc1)C(=O)CN(CC1CCCO1)C(=O)Nc1ccccc1. The minimum atomic E-state index is -0.339. The zero-order valence-corrected chi connectivity index (χ0v) is 20.6. The summed E-state index contributed by atoms with van der Waals surface area (Å²) in [5.41, 5.74) is 2.61. The number of anilines is 1. The van der Waals surface area contributed by atoms with Crippen molar-refractivity contribution >= 4 is 29.0 Å². The number of urea groups is 1. The molecule has 1 saturated heterocycles. The number of carbonyl (C=O) groups excluding carboxylic acids is 2. The van der Waals surface area contributed by atoms with Crippen molar-refractivity contribution in [2.45, 2.75) is 39.0 Å². The number of hydrogen-bond donors (Lipinski definition) is 1. The molecule has 1 aromatic heterocycles. The Morgan fingerprint density at radius 1 is 1.06 bits per heavy atom. The summed E-state index contributed by atoms with van der Waals surface area (Å²) in [6, 6.07) is 17.0. The average Bonchev–Trinajstić information content (AvgIpc) is 3.52. The summed E-state index contributed by atoms with van der Waals surface area (Å²) in [4.78, 5) is 31.1. The maximum atomic E-state index is 13.6. The Morgan fingerprint density at radius 3 is 2.49 bits per heavy atom. The van der Waals surface area contributed by atoms with Crippen molar-refractivity contribution in [3.8, 4) is 0 Å². The molecule has 1 aliphatic rings. The summed E-state index contributed by atoms with van der Waals surface area (Å²) >= 11 is 1.59. The van der Waals surface area contributed by atoms with Gasteiger partial charge in [-0.1, -0.05) is 30.3 Å². The maximum absolute atomic E-state index is 13.6. The van der Waals surface area contributed by atoms with Crippen LogP contribution in [0.15, 0.2) is 66.0 Å². The van der Waals surface area contributed by atoms with Crippen LogP contribution in [0.1, 0.15) is 28.8 Å². The van der Waals surface area contributed by atoms with Gasteiger partial charge >= 0.3 is 6.03 Å². The minimum absolute atomic E-state index is 0.0792. The molecular weight excluding hydrogens is 465 g/mol. The number of carbonyl (C=O) groups is 2. The standard InChI is InChI=1S/C27H30FN3O3S/c1-20-13-15-35-25(20)18-30(16-21-9-11-22(28)12-10-21)26(32)19-31(17-24-8-5-14-34-24)27(33)29-23-6-3-2-4-7-23/h2-4,6-7,9-13,15,24H,5,8,14,16-19H2,1H3,(H,29,33). The molecule has 2 aromatic carbocycles. The molecule has 184 valence electrons. The molecule has 1 N–H and O–H groups in total. The summed E-state index contributed by atoms with van der Waals surface area (Å²) < 4.78 is 19.2. The van der Waals surface area contributed by atoms with E-state index in [9.17, 15) is 14.0 Å². The number of aryl methyl sites for hydroxylation is 1. The van der Waals surface area contributed by atoms with Gasteiger partial charge in [-0.15, -0.1) is 11.3 Å². The van der Waals surface area contributed by atoms with E-state index in [-0.39, 0.29) is 30.4 Å². The number of benzene rings is 2. The zero-order valence-electron chi connectivity index (χ0n) is 19.8. The van der Waals surface area contributed by atoms with Gasteiger partial charge in [-0.2, -0.15) is 0 Å². The summed E-state index contributed by atoms with van der Waals surface area (Å²) in [6.45, 7) is 3.69. The van der Waals surface area contributed by atoms with Gasteiger partial charge in [0.05, 0.1) is 12.6 Å². The number of amides is 3. The fraction of sp³-hybridized carbons (Fsp3) is 0.333. The van der Waals surface area contributed by atoms with Crippen molar-refractivity contribution in [2.75, 3.05) is 25.0 Å². The highest BCUT2D eigenvalue weighted by Gasteiger charge is 2.27. The van der Waals surface area contributed by atoms with E-state index in [4.69, 9.17) is 4.74 Å². The summed E-state index contributed by atoms with van der Waals surface area (Å²) in [7, 11) is 0. The molecule has 1 atom stereocenters. The zero-order chi connectivity index (χ0) is 24.6. The van der Waals surface area contributed by atoms with Crippen LogP contribution in [0.2, 0.25) is 0 Å². The lowest BCUT2D eigenvalue weighted by Crippen LogP contribution is -2.46. The molecule has 35 heavy (non-hydrogen) atoms. The Labute approximate surface area is 209 Å². The lowest BCUT2D eigenvalue weighted by Gasteiger charge is -2.29. The number of hydrogen-bond acceptors (Lipinski definition) is 4. The Hall–Kier alpha value is -3.23. The molecule has 2 heterocycles. The molecule has 6 nitrogen and oxygen atoms in total. The lowest BCUT2D eigenvalue weighted by molar-refractivity contribution is -0.133. The van der Waals surface area contributed by atoms with E-state index in [0.717, 1.165) is 28.8 Å². The molecule has 8 heteroatoms. The monoisotopic (exact) mass is 495 g/mol. The molecule has 1 unspecified atom stereocenters. The second-order valence-electron chi connectivity index (χ2n) is 8.71. The molecule has 3 amide bonds. The van der Waals surface area contributed by atoms with Crippen LogP contribution in [0.3, 0.4) is 0 Å². The first-order valence-corrected chi connectivity index (χ1v) is 12.6. The highest BCUT2D eigenvalue weighted by Crippen LogP contribution is 2.21. The van der Waals surface area contributed by atoms with Gasteiger partial charge in [0.2, 0.25) is 5.91 Å². The van der Waals surface area contributed by atoms with Crippen molar-refractivity contribution in [2.24, 2.45) is 0 Å². The Bertz CT molecular complexity index is 1110. The van der Waals surface area contributed by atoms with E-state index in [1.165, 1.54) is 17.0 Å². The van der Waals surface area contributed by atoms with E-state index in [1.54, 1.807) is 28.4 Å². The topological polar surface area (TPSA) is 61.9 Å². The van der Waals surface area contributed by atoms with Crippen LogP contribution in [-0.2, 0) is 22.6 Å². The third-order valence-corrected chi connectivity index (χ3v) is 7.04. The average molecular weight is 496 g/mol. The van der Waals surface area contributed by atoms with Gasteiger partial charge in [-0.3, -0.25) is 4.79 Å². The van der Waals surface area contributed by atoms with Crippen molar-refractivity contribution in [3.63, 3.8) is 0 Å². The molecule has 0 spiro atoms. The number of ether oxygens (including phenoxy) is 1. The van der Waals surface area contributed by atoms with Crippen LogP contribution in [0.4, 0.5) is 14.9 Å². The number of thiophene rings is 1.